The minimum atomic E-state index is -0.729. The van der Waals surface area contributed by atoms with Crippen molar-refractivity contribution in [2.24, 2.45) is 17.6 Å². The van der Waals surface area contributed by atoms with Crippen LogP contribution in [-0.2, 0) is 9.59 Å². The van der Waals surface area contributed by atoms with Gasteiger partial charge in [-0.2, -0.15) is 0 Å². The lowest BCUT2D eigenvalue weighted by molar-refractivity contribution is -0.384. The summed E-state index contributed by atoms with van der Waals surface area (Å²) in [5.74, 6) is -0.619. The van der Waals surface area contributed by atoms with E-state index in [0.29, 0.717) is 12.1 Å². The normalized spacial score (nSPS) is 12.9. The number of carbonyl (C=O) groups is 2. The number of benzene rings is 1. The first kappa shape index (κ1) is 23.8. The minimum Gasteiger partial charge on any atom is -0.343 e. The molecule has 1 aromatic rings. The van der Waals surface area contributed by atoms with Crippen LogP contribution in [0.4, 0.5) is 11.4 Å². The number of rotatable bonds is 8. The van der Waals surface area contributed by atoms with E-state index in [4.69, 9.17) is 5.73 Å². The van der Waals surface area contributed by atoms with Gasteiger partial charge in [0, 0.05) is 17.8 Å². The van der Waals surface area contributed by atoms with Crippen molar-refractivity contribution in [3.05, 3.63) is 34.4 Å². The van der Waals surface area contributed by atoms with Gasteiger partial charge >= 0.3 is 0 Å². The van der Waals surface area contributed by atoms with E-state index in [1.54, 1.807) is 0 Å². The number of nitrogens with zero attached hydrogens (tertiary/aromatic N) is 1. The molecule has 2 atom stereocenters. The first-order chi connectivity index (χ1) is 11.6. The fourth-order valence-corrected chi connectivity index (χ4v) is 2.17. The number of hydrogen-bond acceptors (Lipinski definition) is 5. The maximum atomic E-state index is 12.5. The summed E-state index contributed by atoms with van der Waals surface area (Å²) in [7, 11) is 0. The van der Waals surface area contributed by atoms with Crippen LogP contribution in [0.3, 0.4) is 0 Å². The molecule has 8 nitrogen and oxygen atoms in total. The molecule has 0 aromatic heterocycles. The number of nitro benzene ring substituents is 1. The third-order valence-corrected chi connectivity index (χ3v) is 3.71. The molecular weight excluding hydrogens is 360 g/mol. The van der Waals surface area contributed by atoms with Crippen LogP contribution < -0.4 is 16.4 Å². The SMILES string of the molecule is CC(C)CC(NC(=O)C(N)C(C)C)C(=O)Nc1ccc([N+](=O)[O-])cc1.Cl. The molecule has 0 saturated heterocycles. The highest BCUT2D eigenvalue weighted by Gasteiger charge is 2.26. The fraction of sp³-hybridized carbons (Fsp3) is 0.529. The lowest BCUT2D eigenvalue weighted by atomic mass is 10.0. The highest BCUT2D eigenvalue weighted by atomic mass is 35.5. The van der Waals surface area contributed by atoms with E-state index in [0.717, 1.165) is 0 Å². The van der Waals surface area contributed by atoms with Crippen molar-refractivity contribution < 1.29 is 14.5 Å². The van der Waals surface area contributed by atoms with E-state index < -0.39 is 17.0 Å². The smallest absolute Gasteiger partial charge is 0.269 e. The number of carbonyl (C=O) groups excluding carboxylic acids is 2. The van der Waals surface area contributed by atoms with Crippen molar-refractivity contribution in [2.75, 3.05) is 5.32 Å². The molecular formula is C17H27ClN4O4. The van der Waals surface area contributed by atoms with Gasteiger partial charge in [-0.05, 0) is 30.4 Å². The van der Waals surface area contributed by atoms with Crippen molar-refractivity contribution in [1.82, 2.24) is 5.32 Å². The van der Waals surface area contributed by atoms with Crippen LogP contribution in [0.2, 0.25) is 0 Å². The Labute approximate surface area is 159 Å². The van der Waals surface area contributed by atoms with Crippen molar-refractivity contribution in [1.29, 1.82) is 0 Å². The van der Waals surface area contributed by atoms with Gasteiger partial charge in [0.15, 0.2) is 0 Å². The highest BCUT2D eigenvalue weighted by Crippen LogP contribution is 2.16. The summed E-state index contributed by atoms with van der Waals surface area (Å²) >= 11 is 0. The van der Waals surface area contributed by atoms with Crippen LogP contribution in [0.5, 0.6) is 0 Å². The Morgan fingerprint density at radius 3 is 2.08 bits per heavy atom. The zero-order valence-electron chi connectivity index (χ0n) is 15.4. The molecule has 4 N–H and O–H groups in total. The number of hydrogen-bond donors (Lipinski definition) is 3. The molecule has 0 aliphatic rings. The molecule has 26 heavy (non-hydrogen) atoms. The van der Waals surface area contributed by atoms with Gasteiger partial charge in [-0.1, -0.05) is 27.7 Å². The van der Waals surface area contributed by atoms with Crippen LogP contribution in [0, 0.1) is 22.0 Å². The molecule has 0 aliphatic heterocycles. The summed E-state index contributed by atoms with van der Waals surface area (Å²) in [5.41, 5.74) is 6.19. The Kier molecular flexibility index (Phi) is 9.82. The standard InChI is InChI=1S/C17H26N4O4.ClH/c1-10(2)9-14(20-17(23)15(18)11(3)4)16(22)19-12-5-7-13(8-6-12)21(24)25;/h5-8,10-11,14-15H,9,18H2,1-4H3,(H,19,22)(H,20,23);1H. The zero-order valence-corrected chi connectivity index (χ0v) is 16.2. The van der Waals surface area contributed by atoms with Gasteiger partial charge in [-0.15, -0.1) is 12.4 Å². The van der Waals surface area contributed by atoms with E-state index in [-0.39, 0.29) is 41.7 Å². The molecule has 0 saturated carbocycles. The highest BCUT2D eigenvalue weighted by molar-refractivity contribution is 5.97. The van der Waals surface area contributed by atoms with Gasteiger partial charge in [0.2, 0.25) is 11.8 Å². The summed E-state index contributed by atoms with van der Waals surface area (Å²) in [6, 6.07) is 4.09. The molecule has 9 heteroatoms. The summed E-state index contributed by atoms with van der Waals surface area (Å²) in [6.07, 6.45) is 0.454. The molecule has 0 heterocycles. The molecule has 0 radical (unpaired) electrons. The maximum Gasteiger partial charge on any atom is 0.269 e. The summed E-state index contributed by atoms with van der Waals surface area (Å²) in [4.78, 5) is 34.8. The molecule has 0 bridgehead atoms. The molecule has 0 aliphatic carbocycles. The topological polar surface area (TPSA) is 127 Å². The van der Waals surface area contributed by atoms with Crippen LogP contribution in [0.25, 0.3) is 0 Å². The Morgan fingerprint density at radius 1 is 1.12 bits per heavy atom. The van der Waals surface area contributed by atoms with E-state index in [9.17, 15) is 19.7 Å². The first-order valence-electron chi connectivity index (χ1n) is 8.23. The van der Waals surface area contributed by atoms with Crippen molar-refractivity contribution in [3.63, 3.8) is 0 Å². The predicted octanol–water partition coefficient (Wildman–Crippen LogP) is 2.47. The summed E-state index contributed by atoms with van der Waals surface area (Å²) in [5, 5.41) is 16.0. The van der Waals surface area contributed by atoms with E-state index >= 15 is 0 Å². The van der Waals surface area contributed by atoms with Gasteiger partial charge in [0.05, 0.1) is 11.0 Å². The van der Waals surface area contributed by atoms with Gasteiger partial charge in [0.25, 0.3) is 5.69 Å². The average Bonchev–Trinajstić information content (AvgIpc) is 2.53. The minimum absolute atomic E-state index is 0. The van der Waals surface area contributed by atoms with E-state index in [1.807, 2.05) is 27.7 Å². The number of anilines is 1. The quantitative estimate of drug-likeness (QED) is 0.467. The van der Waals surface area contributed by atoms with Crippen LogP contribution in [-0.4, -0.2) is 28.8 Å². The maximum absolute atomic E-state index is 12.5. The van der Waals surface area contributed by atoms with Gasteiger partial charge in [0.1, 0.15) is 6.04 Å². The Bertz CT molecular complexity index is 620. The average molecular weight is 387 g/mol. The Hall–Kier alpha value is -2.19. The lowest BCUT2D eigenvalue weighted by Crippen LogP contribution is -2.52. The second-order valence-corrected chi connectivity index (χ2v) is 6.75. The monoisotopic (exact) mass is 386 g/mol. The third kappa shape index (κ3) is 7.37. The first-order valence-corrected chi connectivity index (χ1v) is 8.23. The number of non-ortho nitro benzene ring substituents is 1. The second-order valence-electron chi connectivity index (χ2n) is 6.75. The summed E-state index contributed by atoms with van der Waals surface area (Å²) < 4.78 is 0. The van der Waals surface area contributed by atoms with Crippen LogP contribution in [0.15, 0.2) is 24.3 Å². The molecule has 1 aromatic carbocycles. The van der Waals surface area contributed by atoms with Crippen molar-refractivity contribution in [3.8, 4) is 0 Å². The molecule has 2 amide bonds. The number of nitrogens with two attached hydrogens (primary N) is 1. The Balaban J connectivity index is 0.00000625. The van der Waals surface area contributed by atoms with Crippen molar-refractivity contribution in [2.45, 2.75) is 46.2 Å². The van der Waals surface area contributed by atoms with E-state index in [1.165, 1.54) is 24.3 Å². The number of halogens is 1. The lowest BCUT2D eigenvalue weighted by Gasteiger charge is -2.23. The number of amides is 2. The van der Waals surface area contributed by atoms with Crippen LogP contribution >= 0.6 is 12.4 Å². The molecule has 0 spiro atoms. The largest absolute Gasteiger partial charge is 0.343 e. The molecule has 0 fully saturated rings. The van der Waals surface area contributed by atoms with Crippen molar-refractivity contribution >= 4 is 35.6 Å². The second kappa shape index (κ2) is 10.7. The Morgan fingerprint density at radius 2 is 1.65 bits per heavy atom. The van der Waals surface area contributed by atoms with Gasteiger partial charge < -0.3 is 16.4 Å². The van der Waals surface area contributed by atoms with Gasteiger partial charge in [-0.3, -0.25) is 19.7 Å². The van der Waals surface area contributed by atoms with Crippen LogP contribution in [0.1, 0.15) is 34.1 Å². The fourth-order valence-electron chi connectivity index (χ4n) is 2.17. The molecule has 146 valence electrons. The number of nitrogens with one attached hydrogen (secondary N) is 2. The predicted molar refractivity (Wildman–Crippen MR) is 103 cm³/mol. The summed E-state index contributed by atoms with van der Waals surface area (Å²) in [6.45, 7) is 7.55. The van der Waals surface area contributed by atoms with Gasteiger partial charge in [-0.25, -0.2) is 0 Å². The third-order valence-electron chi connectivity index (χ3n) is 3.71. The van der Waals surface area contributed by atoms with E-state index in [2.05, 4.69) is 10.6 Å². The number of nitro groups is 1. The zero-order chi connectivity index (χ0) is 19.1. The molecule has 1 rings (SSSR count). The molecule has 2 unspecified atom stereocenters.